The molecule has 4 fully saturated rings. The molecule has 0 aromatic rings. The first-order chi connectivity index (χ1) is 7.69. The molecule has 0 saturated heterocycles. The zero-order valence-corrected chi connectivity index (χ0v) is 9.58. The molecular formula is C12H20N2O2. The fourth-order valence-electron chi connectivity index (χ4n) is 4.67. The first kappa shape index (κ1) is 10.5. The van der Waals surface area contributed by atoms with Crippen molar-refractivity contribution in [2.24, 2.45) is 23.7 Å². The smallest absolute Gasteiger partial charge is 0.248 e. The predicted molar refractivity (Wildman–Crippen MR) is 59.2 cm³/mol. The lowest BCUT2D eigenvalue weighted by molar-refractivity contribution is -0.131. The Balaban J connectivity index is 1.71. The van der Waals surface area contributed by atoms with Gasteiger partial charge in [-0.2, -0.15) is 0 Å². The third kappa shape index (κ3) is 1.74. The minimum atomic E-state index is -0.0514. The molecule has 90 valence electrons. The third-order valence-corrected chi connectivity index (χ3v) is 4.66. The average molecular weight is 224 g/mol. The van der Waals surface area contributed by atoms with E-state index in [1.54, 1.807) is 0 Å². The third-order valence-electron chi connectivity index (χ3n) is 4.66. The van der Waals surface area contributed by atoms with Crippen LogP contribution in [0.2, 0.25) is 0 Å². The summed E-state index contributed by atoms with van der Waals surface area (Å²) < 4.78 is 0. The zero-order chi connectivity index (χ0) is 11.2. The van der Waals surface area contributed by atoms with Crippen LogP contribution in [-0.2, 0) is 9.63 Å². The van der Waals surface area contributed by atoms with Gasteiger partial charge in [-0.1, -0.05) is 0 Å². The molecule has 0 unspecified atom stereocenters. The van der Waals surface area contributed by atoms with Gasteiger partial charge in [-0.05, 0) is 56.3 Å². The van der Waals surface area contributed by atoms with Crippen molar-refractivity contribution in [1.82, 2.24) is 5.32 Å². The lowest BCUT2D eigenvalue weighted by Crippen LogP contribution is -2.60. The number of amides is 1. The Morgan fingerprint density at radius 2 is 1.69 bits per heavy atom. The first-order valence-electron chi connectivity index (χ1n) is 6.32. The SMILES string of the molecule is NOCC(=O)NC12CC3CC(CC(C3)C1)C2. The minimum Gasteiger partial charge on any atom is -0.349 e. The van der Waals surface area contributed by atoms with Crippen LogP contribution in [0.15, 0.2) is 0 Å². The van der Waals surface area contributed by atoms with Gasteiger partial charge in [0.15, 0.2) is 0 Å². The molecule has 0 aliphatic heterocycles. The van der Waals surface area contributed by atoms with Crippen molar-refractivity contribution in [1.29, 1.82) is 0 Å². The molecule has 4 bridgehead atoms. The van der Waals surface area contributed by atoms with E-state index in [0.717, 1.165) is 17.8 Å². The molecule has 0 aromatic heterocycles. The average Bonchev–Trinajstić information content (AvgIpc) is 2.13. The second-order valence-corrected chi connectivity index (χ2v) is 6.06. The van der Waals surface area contributed by atoms with Crippen LogP contribution < -0.4 is 11.2 Å². The minimum absolute atomic E-state index is 0.0122. The summed E-state index contributed by atoms with van der Waals surface area (Å²) in [5.74, 6) is 7.44. The molecule has 0 heterocycles. The van der Waals surface area contributed by atoms with Gasteiger partial charge in [-0.15, -0.1) is 0 Å². The van der Waals surface area contributed by atoms with Gasteiger partial charge in [-0.25, -0.2) is 5.90 Å². The highest BCUT2D eigenvalue weighted by atomic mass is 16.6. The highest BCUT2D eigenvalue weighted by molar-refractivity contribution is 5.78. The van der Waals surface area contributed by atoms with E-state index in [2.05, 4.69) is 10.2 Å². The van der Waals surface area contributed by atoms with E-state index in [4.69, 9.17) is 5.90 Å². The Labute approximate surface area is 95.9 Å². The number of nitrogens with one attached hydrogen (secondary N) is 1. The van der Waals surface area contributed by atoms with Crippen LogP contribution in [0.1, 0.15) is 38.5 Å². The fourth-order valence-corrected chi connectivity index (χ4v) is 4.67. The summed E-state index contributed by atoms with van der Waals surface area (Å²) >= 11 is 0. The molecule has 3 N–H and O–H groups in total. The van der Waals surface area contributed by atoms with E-state index in [-0.39, 0.29) is 18.1 Å². The Bertz CT molecular complexity index is 268. The Hall–Kier alpha value is -0.610. The normalized spacial score (nSPS) is 44.7. The molecule has 4 saturated carbocycles. The van der Waals surface area contributed by atoms with Gasteiger partial charge in [0, 0.05) is 5.54 Å². The number of hydrogen-bond acceptors (Lipinski definition) is 3. The first-order valence-corrected chi connectivity index (χ1v) is 6.32. The molecule has 0 radical (unpaired) electrons. The predicted octanol–water partition coefficient (Wildman–Crippen LogP) is 0.962. The standard InChI is InChI=1S/C12H20N2O2/c13-16-7-11(15)14-12-4-8-1-9(5-12)3-10(2-8)6-12/h8-10H,1-7,13H2,(H,14,15). The highest BCUT2D eigenvalue weighted by Gasteiger charge is 2.51. The van der Waals surface area contributed by atoms with Crippen LogP contribution in [0.3, 0.4) is 0 Å². The molecule has 0 atom stereocenters. The monoisotopic (exact) mass is 224 g/mol. The van der Waals surface area contributed by atoms with Crippen molar-refractivity contribution in [2.75, 3.05) is 6.61 Å². The maximum atomic E-state index is 11.6. The van der Waals surface area contributed by atoms with Crippen LogP contribution in [-0.4, -0.2) is 18.1 Å². The van der Waals surface area contributed by atoms with Crippen molar-refractivity contribution in [3.8, 4) is 0 Å². The van der Waals surface area contributed by atoms with Crippen molar-refractivity contribution in [2.45, 2.75) is 44.1 Å². The summed E-state index contributed by atoms with van der Waals surface area (Å²) in [5.41, 5.74) is 0.0877. The van der Waals surface area contributed by atoms with Gasteiger partial charge in [0.1, 0.15) is 6.61 Å². The molecule has 1 amide bonds. The van der Waals surface area contributed by atoms with Crippen LogP contribution in [0.5, 0.6) is 0 Å². The Morgan fingerprint density at radius 3 is 2.12 bits per heavy atom. The summed E-state index contributed by atoms with van der Waals surface area (Å²) in [4.78, 5) is 16.0. The van der Waals surface area contributed by atoms with Gasteiger partial charge in [0.05, 0.1) is 0 Å². The molecule has 4 aliphatic rings. The lowest BCUT2D eigenvalue weighted by Gasteiger charge is -2.56. The topological polar surface area (TPSA) is 64.3 Å². The second kappa shape index (κ2) is 3.70. The molecule has 4 rings (SSSR count). The number of nitrogens with two attached hydrogens (primary N) is 1. The van der Waals surface area contributed by atoms with Gasteiger partial charge in [0.25, 0.3) is 0 Å². The van der Waals surface area contributed by atoms with Crippen molar-refractivity contribution >= 4 is 5.91 Å². The van der Waals surface area contributed by atoms with Gasteiger partial charge in [-0.3, -0.25) is 9.63 Å². The summed E-state index contributed by atoms with van der Waals surface area (Å²) in [6.07, 6.45) is 7.70. The van der Waals surface area contributed by atoms with Gasteiger partial charge >= 0.3 is 0 Å². The maximum absolute atomic E-state index is 11.6. The van der Waals surface area contributed by atoms with Crippen LogP contribution in [0, 0.1) is 17.8 Å². The van der Waals surface area contributed by atoms with E-state index >= 15 is 0 Å². The van der Waals surface area contributed by atoms with E-state index in [1.807, 2.05) is 0 Å². The summed E-state index contributed by atoms with van der Waals surface area (Å²) in [7, 11) is 0. The highest BCUT2D eigenvalue weighted by Crippen LogP contribution is 2.55. The Morgan fingerprint density at radius 1 is 1.19 bits per heavy atom. The van der Waals surface area contributed by atoms with Gasteiger partial charge in [0.2, 0.25) is 5.91 Å². The van der Waals surface area contributed by atoms with E-state index < -0.39 is 0 Å². The van der Waals surface area contributed by atoms with Gasteiger partial charge < -0.3 is 5.32 Å². The van der Waals surface area contributed by atoms with E-state index in [0.29, 0.717) is 0 Å². The fraction of sp³-hybridized carbons (Fsp3) is 0.917. The second-order valence-electron chi connectivity index (χ2n) is 6.06. The largest absolute Gasteiger partial charge is 0.349 e. The van der Waals surface area contributed by atoms with Crippen LogP contribution >= 0.6 is 0 Å². The maximum Gasteiger partial charge on any atom is 0.248 e. The molecule has 4 heteroatoms. The van der Waals surface area contributed by atoms with E-state index in [9.17, 15) is 4.79 Å². The number of rotatable bonds is 3. The molecule has 16 heavy (non-hydrogen) atoms. The number of carbonyl (C=O) groups excluding carboxylic acids is 1. The van der Waals surface area contributed by atoms with Crippen molar-refractivity contribution < 1.29 is 9.63 Å². The van der Waals surface area contributed by atoms with Crippen molar-refractivity contribution in [3.63, 3.8) is 0 Å². The summed E-state index contributed by atoms with van der Waals surface area (Å²) in [6.45, 7) is -0.0122. The summed E-state index contributed by atoms with van der Waals surface area (Å²) in [5, 5.41) is 3.18. The molecular weight excluding hydrogens is 204 g/mol. The number of hydrogen-bond donors (Lipinski definition) is 2. The van der Waals surface area contributed by atoms with Crippen molar-refractivity contribution in [3.05, 3.63) is 0 Å². The lowest BCUT2D eigenvalue weighted by atomic mass is 9.53. The Kier molecular flexibility index (Phi) is 2.44. The summed E-state index contributed by atoms with van der Waals surface area (Å²) in [6, 6.07) is 0. The quantitative estimate of drug-likeness (QED) is 0.702. The molecule has 0 spiro atoms. The molecule has 4 nitrogen and oxygen atoms in total. The van der Waals surface area contributed by atoms with Crippen LogP contribution in [0.25, 0.3) is 0 Å². The van der Waals surface area contributed by atoms with E-state index in [1.165, 1.54) is 38.5 Å². The molecule has 4 aliphatic carbocycles. The zero-order valence-electron chi connectivity index (χ0n) is 9.58. The number of carbonyl (C=O) groups is 1. The molecule has 0 aromatic carbocycles. The van der Waals surface area contributed by atoms with Crippen LogP contribution in [0.4, 0.5) is 0 Å².